The van der Waals surface area contributed by atoms with E-state index in [0.717, 1.165) is 17.2 Å². The van der Waals surface area contributed by atoms with Gasteiger partial charge in [-0.2, -0.15) is 0 Å². The molecule has 9 heteroatoms. The number of methoxy groups -OCH3 is 1. The molecular weight excluding hydrogens is 456 g/mol. The number of carbonyl (C=O) groups is 2. The number of anilines is 1. The molecule has 7 nitrogen and oxygen atoms in total. The predicted octanol–water partition coefficient (Wildman–Crippen LogP) is 5.42. The average Bonchev–Trinajstić information content (AvgIpc) is 3.31. The van der Waals surface area contributed by atoms with Gasteiger partial charge in [0.15, 0.2) is 11.6 Å². The van der Waals surface area contributed by atoms with Crippen LogP contribution in [0.5, 0.6) is 11.5 Å². The summed E-state index contributed by atoms with van der Waals surface area (Å²) in [4.78, 5) is 31.4. The van der Waals surface area contributed by atoms with Crippen molar-refractivity contribution < 1.29 is 27.8 Å². The van der Waals surface area contributed by atoms with E-state index in [1.807, 2.05) is 0 Å². The molecule has 2 aromatic carbocycles. The minimum atomic E-state index is -0.679. The largest absolute Gasteiger partial charge is 0.469 e. The monoisotopic (exact) mass is 477 g/mol. The number of rotatable bonds is 7. The topological polar surface area (TPSA) is 93.3 Å². The molecule has 178 valence electrons. The van der Waals surface area contributed by atoms with Gasteiger partial charge in [-0.1, -0.05) is 6.07 Å². The van der Waals surface area contributed by atoms with Crippen molar-refractivity contribution in [2.45, 2.75) is 13.3 Å². The zero-order valence-corrected chi connectivity index (χ0v) is 18.9. The first kappa shape index (κ1) is 23.6. The Hall–Kier alpha value is -4.53. The highest BCUT2D eigenvalue weighted by Crippen LogP contribution is 2.29. The van der Waals surface area contributed by atoms with Crippen molar-refractivity contribution in [3.05, 3.63) is 95.3 Å². The third kappa shape index (κ3) is 5.70. The Balaban J connectivity index is 1.53. The molecule has 2 N–H and O–H groups in total. The molecule has 0 saturated carbocycles. The number of hydrogen-bond acceptors (Lipinski definition) is 5. The molecule has 0 aliphatic carbocycles. The molecule has 35 heavy (non-hydrogen) atoms. The van der Waals surface area contributed by atoms with E-state index < -0.39 is 17.5 Å². The minimum absolute atomic E-state index is 0.0260. The van der Waals surface area contributed by atoms with E-state index in [-0.39, 0.29) is 35.1 Å². The summed E-state index contributed by atoms with van der Waals surface area (Å²) in [5, 5.41) is 2.49. The number of benzene rings is 2. The molecule has 0 spiro atoms. The lowest BCUT2D eigenvalue weighted by Crippen LogP contribution is -2.13. The fourth-order valence-corrected chi connectivity index (χ4v) is 3.33. The number of carbonyl (C=O) groups excluding carboxylic acids is 2. The van der Waals surface area contributed by atoms with Crippen LogP contribution in [0.15, 0.2) is 67.0 Å². The van der Waals surface area contributed by atoms with Crippen LogP contribution in [0.4, 0.5) is 14.5 Å². The Kier molecular flexibility index (Phi) is 6.86. The van der Waals surface area contributed by atoms with Crippen molar-refractivity contribution in [1.29, 1.82) is 0 Å². The highest BCUT2D eigenvalue weighted by molar-refractivity contribution is 6.04. The average molecular weight is 477 g/mol. The molecule has 4 aromatic rings. The van der Waals surface area contributed by atoms with Crippen LogP contribution >= 0.6 is 0 Å². The van der Waals surface area contributed by atoms with E-state index in [1.54, 1.807) is 31.3 Å². The van der Waals surface area contributed by atoms with Gasteiger partial charge < -0.3 is 19.8 Å². The number of hydrogen-bond donors (Lipinski definition) is 2. The molecule has 4 rings (SSSR count). The number of aryl methyl sites for hydroxylation is 1. The Morgan fingerprint density at radius 2 is 1.83 bits per heavy atom. The van der Waals surface area contributed by atoms with Gasteiger partial charge in [-0.05, 0) is 60.5 Å². The van der Waals surface area contributed by atoms with Crippen LogP contribution in [0.3, 0.4) is 0 Å². The number of pyridine rings is 1. The van der Waals surface area contributed by atoms with Crippen molar-refractivity contribution in [2.75, 3.05) is 12.4 Å². The molecule has 0 fully saturated rings. The summed E-state index contributed by atoms with van der Waals surface area (Å²) in [6, 6.07) is 12.8. The van der Waals surface area contributed by atoms with Crippen molar-refractivity contribution in [1.82, 2.24) is 9.97 Å². The normalized spacial score (nSPS) is 10.6. The van der Waals surface area contributed by atoms with Gasteiger partial charge in [0.05, 0.1) is 30.6 Å². The molecule has 0 aliphatic rings. The van der Waals surface area contributed by atoms with Crippen LogP contribution in [0.25, 0.3) is 11.4 Å². The number of nitrogens with zero attached hydrogens (tertiary/aromatic N) is 1. The van der Waals surface area contributed by atoms with Crippen LogP contribution in [0.2, 0.25) is 0 Å². The number of H-pyrrole nitrogens is 1. The second-order valence-corrected chi connectivity index (χ2v) is 7.74. The predicted molar refractivity (Wildman–Crippen MR) is 125 cm³/mol. The second kappa shape index (κ2) is 10.2. The van der Waals surface area contributed by atoms with Crippen LogP contribution in [-0.2, 0) is 16.0 Å². The van der Waals surface area contributed by atoms with Gasteiger partial charge in [-0.3, -0.25) is 14.6 Å². The summed E-state index contributed by atoms with van der Waals surface area (Å²) in [5.74, 6) is -2.14. The molecule has 0 bridgehead atoms. The van der Waals surface area contributed by atoms with E-state index >= 15 is 0 Å². The first-order valence-corrected chi connectivity index (χ1v) is 10.6. The van der Waals surface area contributed by atoms with Crippen molar-refractivity contribution in [3.8, 4) is 22.9 Å². The number of aromatic amines is 1. The molecule has 0 radical (unpaired) electrons. The first-order valence-electron chi connectivity index (χ1n) is 10.6. The second-order valence-electron chi connectivity index (χ2n) is 7.74. The fourth-order valence-electron chi connectivity index (χ4n) is 3.33. The highest BCUT2D eigenvalue weighted by Gasteiger charge is 2.15. The van der Waals surface area contributed by atoms with E-state index in [0.29, 0.717) is 11.4 Å². The number of esters is 1. The van der Waals surface area contributed by atoms with E-state index in [1.165, 1.54) is 43.6 Å². The van der Waals surface area contributed by atoms with Crippen LogP contribution in [0.1, 0.15) is 21.5 Å². The minimum Gasteiger partial charge on any atom is -0.469 e. The molecule has 0 unspecified atom stereocenters. The molecular formula is C26H21F2N3O4. The Morgan fingerprint density at radius 1 is 1.03 bits per heavy atom. The number of halogens is 2. The summed E-state index contributed by atoms with van der Waals surface area (Å²) >= 11 is 0. The molecule has 0 aliphatic heterocycles. The van der Waals surface area contributed by atoms with Crippen molar-refractivity contribution >= 4 is 17.6 Å². The summed E-state index contributed by atoms with van der Waals surface area (Å²) < 4.78 is 38.8. The van der Waals surface area contributed by atoms with Crippen molar-refractivity contribution in [3.63, 3.8) is 0 Å². The van der Waals surface area contributed by atoms with Gasteiger partial charge in [-0.15, -0.1) is 0 Å². The summed E-state index contributed by atoms with van der Waals surface area (Å²) in [5.41, 5.74) is 2.74. The van der Waals surface area contributed by atoms with Crippen LogP contribution in [-0.4, -0.2) is 29.0 Å². The smallest absolute Gasteiger partial charge is 0.310 e. The quantitative estimate of drug-likeness (QED) is 0.347. The Morgan fingerprint density at radius 3 is 2.63 bits per heavy atom. The standard InChI is InChI=1S/C26H21F2N3O4/c1-15-3-5-19(27)21(9-15)31-26(33)17-4-6-20(28)24(12-17)35-18-7-8-29-23(13-18)22-10-16(14-30-22)11-25(32)34-2/h3-10,12-14,30H,11H2,1-2H3,(H,31,33). The molecule has 0 saturated heterocycles. The number of ether oxygens (including phenoxy) is 2. The highest BCUT2D eigenvalue weighted by atomic mass is 19.1. The molecule has 1 amide bonds. The Labute approximate surface area is 199 Å². The van der Waals surface area contributed by atoms with Gasteiger partial charge >= 0.3 is 5.97 Å². The van der Waals surface area contributed by atoms with E-state index in [9.17, 15) is 18.4 Å². The van der Waals surface area contributed by atoms with Gasteiger partial charge in [0.25, 0.3) is 5.91 Å². The SMILES string of the molecule is COC(=O)Cc1c[nH]c(-c2cc(Oc3cc(C(=O)Nc4cc(C)ccc4F)ccc3F)ccn2)c1. The zero-order chi connectivity index (χ0) is 24.9. The third-order valence-corrected chi connectivity index (χ3v) is 5.12. The van der Waals surface area contributed by atoms with Gasteiger partial charge in [0.2, 0.25) is 0 Å². The van der Waals surface area contributed by atoms with Crippen LogP contribution in [0, 0.1) is 18.6 Å². The molecule has 2 heterocycles. The zero-order valence-electron chi connectivity index (χ0n) is 18.9. The third-order valence-electron chi connectivity index (χ3n) is 5.12. The summed E-state index contributed by atoms with van der Waals surface area (Å²) in [7, 11) is 1.32. The van der Waals surface area contributed by atoms with Gasteiger partial charge in [-0.25, -0.2) is 8.78 Å². The molecule has 2 aromatic heterocycles. The maximum Gasteiger partial charge on any atom is 0.310 e. The van der Waals surface area contributed by atoms with Crippen LogP contribution < -0.4 is 10.1 Å². The first-order chi connectivity index (χ1) is 16.8. The lowest BCUT2D eigenvalue weighted by molar-refractivity contribution is -0.139. The fraction of sp³-hybridized carbons (Fsp3) is 0.115. The number of aromatic nitrogens is 2. The lowest BCUT2D eigenvalue weighted by atomic mass is 10.1. The number of nitrogens with one attached hydrogen (secondary N) is 2. The summed E-state index contributed by atoms with van der Waals surface area (Å²) in [6.07, 6.45) is 3.26. The number of amides is 1. The maximum atomic E-state index is 14.5. The van der Waals surface area contributed by atoms with E-state index in [4.69, 9.17) is 4.74 Å². The Bertz CT molecular complexity index is 1400. The lowest BCUT2D eigenvalue weighted by Gasteiger charge is -2.11. The maximum absolute atomic E-state index is 14.5. The van der Waals surface area contributed by atoms with Crippen molar-refractivity contribution in [2.24, 2.45) is 0 Å². The van der Waals surface area contributed by atoms with E-state index in [2.05, 4.69) is 20.0 Å². The van der Waals surface area contributed by atoms with Gasteiger partial charge in [0.1, 0.15) is 11.6 Å². The summed E-state index contributed by atoms with van der Waals surface area (Å²) in [6.45, 7) is 1.77. The molecule has 0 atom stereocenters. The van der Waals surface area contributed by atoms with Gasteiger partial charge in [0, 0.05) is 24.0 Å².